The molecule has 0 heterocycles. The largest absolute Gasteiger partial charge is 0.399 e. The molecular formula is C16H17ClN2O. The Morgan fingerprint density at radius 1 is 1.05 bits per heavy atom. The lowest BCUT2D eigenvalue weighted by Crippen LogP contribution is -2.14. The summed E-state index contributed by atoms with van der Waals surface area (Å²) in [7, 11) is 0. The average molecular weight is 289 g/mol. The van der Waals surface area contributed by atoms with Crippen LogP contribution in [0, 0.1) is 20.8 Å². The maximum absolute atomic E-state index is 12.3. The van der Waals surface area contributed by atoms with Crippen molar-refractivity contribution >= 4 is 28.9 Å². The lowest BCUT2D eigenvalue weighted by molar-refractivity contribution is 0.102. The van der Waals surface area contributed by atoms with Crippen molar-refractivity contribution in [3.63, 3.8) is 0 Å². The average Bonchev–Trinajstić information content (AvgIpc) is 2.38. The second-order valence-electron chi connectivity index (χ2n) is 4.94. The minimum atomic E-state index is -0.169. The van der Waals surface area contributed by atoms with Gasteiger partial charge in [0.05, 0.1) is 0 Å². The zero-order chi connectivity index (χ0) is 14.9. The fourth-order valence-electron chi connectivity index (χ4n) is 2.00. The van der Waals surface area contributed by atoms with Gasteiger partial charge in [-0.25, -0.2) is 0 Å². The molecule has 3 N–H and O–H groups in total. The molecule has 2 aromatic rings. The third-order valence-corrected chi connectivity index (χ3v) is 3.54. The quantitative estimate of drug-likeness (QED) is 0.818. The summed E-state index contributed by atoms with van der Waals surface area (Å²) >= 11 is 5.94. The summed E-state index contributed by atoms with van der Waals surface area (Å²) in [4.78, 5) is 12.3. The molecule has 4 heteroatoms. The number of nitrogen functional groups attached to an aromatic ring is 1. The van der Waals surface area contributed by atoms with E-state index in [4.69, 9.17) is 17.3 Å². The predicted molar refractivity (Wildman–Crippen MR) is 84.5 cm³/mol. The molecule has 20 heavy (non-hydrogen) atoms. The minimum absolute atomic E-state index is 0.169. The van der Waals surface area contributed by atoms with Crippen molar-refractivity contribution in [3.05, 3.63) is 57.6 Å². The lowest BCUT2D eigenvalue weighted by atomic mass is 10.1. The Morgan fingerprint density at radius 2 is 1.75 bits per heavy atom. The molecule has 1 amide bonds. The Bertz CT molecular complexity index is 680. The van der Waals surface area contributed by atoms with Crippen LogP contribution in [0.15, 0.2) is 30.3 Å². The first kappa shape index (κ1) is 14.4. The van der Waals surface area contributed by atoms with Crippen LogP contribution in [-0.4, -0.2) is 5.91 Å². The third kappa shape index (κ3) is 2.94. The van der Waals surface area contributed by atoms with E-state index in [2.05, 4.69) is 5.32 Å². The number of anilines is 2. The molecule has 0 saturated heterocycles. The summed E-state index contributed by atoms with van der Waals surface area (Å²) in [6.45, 7) is 5.71. The Kier molecular flexibility index (Phi) is 4.00. The van der Waals surface area contributed by atoms with E-state index in [0.717, 1.165) is 28.1 Å². The van der Waals surface area contributed by atoms with Gasteiger partial charge in [0.25, 0.3) is 5.91 Å². The number of nitrogens with one attached hydrogen (secondary N) is 1. The fraction of sp³-hybridized carbons (Fsp3) is 0.188. The van der Waals surface area contributed by atoms with Gasteiger partial charge in [-0.1, -0.05) is 17.7 Å². The molecule has 0 fully saturated rings. The molecule has 0 aliphatic heterocycles. The molecule has 0 saturated carbocycles. The van der Waals surface area contributed by atoms with Gasteiger partial charge >= 0.3 is 0 Å². The summed E-state index contributed by atoms with van der Waals surface area (Å²) in [6.07, 6.45) is 0. The smallest absolute Gasteiger partial charge is 0.255 e. The van der Waals surface area contributed by atoms with Crippen molar-refractivity contribution in [2.24, 2.45) is 0 Å². The highest BCUT2D eigenvalue weighted by Crippen LogP contribution is 2.23. The number of nitrogens with two attached hydrogens (primary N) is 1. The number of carbonyl (C=O) groups excluding carboxylic acids is 1. The molecule has 0 aliphatic carbocycles. The molecule has 2 aromatic carbocycles. The van der Waals surface area contributed by atoms with Crippen LogP contribution in [0.25, 0.3) is 0 Å². The van der Waals surface area contributed by atoms with Gasteiger partial charge in [-0.2, -0.15) is 0 Å². The second-order valence-corrected chi connectivity index (χ2v) is 5.37. The first-order valence-corrected chi connectivity index (χ1v) is 6.70. The molecule has 0 unspecified atom stereocenters. The van der Waals surface area contributed by atoms with E-state index < -0.39 is 0 Å². The first-order chi connectivity index (χ1) is 9.38. The number of carbonyl (C=O) groups is 1. The summed E-state index contributed by atoms with van der Waals surface area (Å²) in [6, 6.07) is 9.01. The summed E-state index contributed by atoms with van der Waals surface area (Å²) in [5.74, 6) is -0.169. The Labute approximate surface area is 123 Å². The van der Waals surface area contributed by atoms with Crippen molar-refractivity contribution < 1.29 is 4.79 Å². The number of rotatable bonds is 2. The molecule has 0 aliphatic rings. The number of amides is 1. The highest BCUT2D eigenvalue weighted by atomic mass is 35.5. The number of halogens is 1. The molecule has 0 spiro atoms. The van der Waals surface area contributed by atoms with Crippen LogP contribution in [0.4, 0.5) is 11.4 Å². The van der Waals surface area contributed by atoms with E-state index >= 15 is 0 Å². The van der Waals surface area contributed by atoms with Gasteiger partial charge in [-0.05, 0) is 61.7 Å². The zero-order valence-electron chi connectivity index (χ0n) is 11.8. The van der Waals surface area contributed by atoms with E-state index in [1.807, 2.05) is 39.0 Å². The third-order valence-electron chi connectivity index (χ3n) is 3.31. The first-order valence-electron chi connectivity index (χ1n) is 6.32. The lowest BCUT2D eigenvalue weighted by Gasteiger charge is -2.12. The molecule has 3 nitrogen and oxygen atoms in total. The maximum Gasteiger partial charge on any atom is 0.255 e. The van der Waals surface area contributed by atoms with Crippen LogP contribution in [-0.2, 0) is 0 Å². The van der Waals surface area contributed by atoms with Gasteiger partial charge < -0.3 is 11.1 Å². The molecule has 0 radical (unpaired) electrons. The van der Waals surface area contributed by atoms with Crippen LogP contribution < -0.4 is 11.1 Å². The topological polar surface area (TPSA) is 55.1 Å². The second kappa shape index (κ2) is 5.55. The van der Waals surface area contributed by atoms with Gasteiger partial charge in [0, 0.05) is 22.0 Å². The van der Waals surface area contributed by atoms with Crippen LogP contribution in [0.2, 0.25) is 5.02 Å². The molecule has 2 rings (SSSR count). The van der Waals surface area contributed by atoms with Crippen LogP contribution in [0.1, 0.15) is 27.0 Å². The van der Waals surface area contributed by atoms with Gasteiger partial charge in [0.15, 0.2) is 0 Å². The van der Waals surface area contributed by atoms with E-state index in [0.29, 0.717) is 10.6 Å². The Balaban J connectivity index is 2.32. The van der Waals surface area contributed by atoms with Crippen LogP contribution in [0.5, 0.6) is 0 Å². The van der Waals surface area contributed by atoms with Crippen molar-refractivity contribution in [2.45, 2.75) is 20.8 Å². The molecule has 0 aromatic heterocycles. The van der Waals surface area contributed by atoms with Gasteiger partial charge in [-0.15, -0.1) is 0 Å². The maximum atomic E-state index is 12.3. The highest BCUT2D eigenvalue weighted by Gasteiger charge is 2.12. The molecule has 104 valence electrons. The summed E-state index contributed by atoms with van der Waals surface area (Å²) < 4.78 is 0. The monoisotopic (exact) mass is 288 g/mol. The summed E-state index contributed by atoms with van der Waals surface area (Å²) in [5, 5.41) is 3.46. The van der Waals surface area contributed by atoms with Gasteiger partial charge in [0.1, 0.15) is 0 Å². The number of benzene rings is 2. The number of aryl methyl sites for hydroxylation is 3. The van der Waals surface area contributed by atoms with Crippen LogP contribution in [0.3, 0.4) is 0 Å². The molecule has 0 atom stereocenters. The Hall–Kier alpha value is -2.00. The fourth-order valence-corrected chi connectivity index (χ4v) is 2.17. The molecular weight excluding hydrogens is 272 g/mol. The predicted octanol–water partition coefficient (Wildman–Crippen LogP) is 4.10. The van der Waals surface area contributed by atoms with Crippen molar-refractivity contribution in [1.29, 1.82) is 0 Å². The highest BCUT2D eigenvalue weighted by molar-refractivity contribution is 6.31. The van der Waals surface area contributed by atoms with E-state index in [1.165, 1.54) is 0 Å². The van der Waals surface area contributed by atoms with Crippen molar-refractivity contribution in [2.75, 3.05) is 11.1 Å². The Morgan fingerprint density at radius 3 is 2.45 bits per heavy atom. The van der Waals surface area contributed by atoms with E-state index in [9.17, 15) is 4.79 Å². The van der Waals surface area contributed by atoms with Gasteiger partial charge in [-0.3, -0.25) is 4.79 Å². The minimum Gasteiger partial charge on any atom is -0.399 e. The van der Waals surface area contributed by atoms with E-state index in [1.54, 1.807) is 12.1 Å². The van der Waals surface area contributed by atoms with Crippen LogP contribution >= 0.6 is 11.6 Å². The number of hydrogen-bond donors (Lipinski definition) is 2. The zero-order valence-corrected chi connectivity index (χ0v) is 12.5. The number of hydrogen-bond acceptors (Lipinski definition) is 2. The van der Waals surface area contributed by atoms with Crippen molar-refractivity contribution in [1.82, 2.24) is 0 Å². The van der Waals surface area contributed by atoms with E-state index in [-0.39, 0.29) is 5.91 Å². The SMILES string of the molecule is Cc1cc(NC(=O)c2cc(Cl)ccc2C)c(C)cc1N. The van der Waals surface area contributed by atoms with Crippen molar-refractivity contribution in [3.8, 4) is 0 Å². The van der Waals surface area contributed by atoms with Gasteiger partial charge in [0.2, 0.25) is 0 Å². The molecule has 0 bridgehead atoms. The normalized spacial score (nSPS) is 10.4. The standard InChI is InChI=1S/C16H17ClN2O/c1-9-4-5-12(17)8-13(9)16(20)19-15-7-10(2)14(18)6-11(15)3/h4-8H,18H2,1-3H3,(H,19,20). The summed E-state index contributed by atoms with van der Waals surface area (Å²) in [5.41, 5.74) is 10.7.